The summed E-state index contributed by atoms with van der Waals surface area (Å²) in [6, 6.07) is 52.1. The number of nitrogens with zero attached hydrogens (tertiary/aromatic N) is 2. The summed E-state index contributed by atoms with van der Waals surface area (Å²) >= 11 is 0.168. The fourth-order valence-electron chi connectivity index (χ4n) is 6.20. The summed E-state index contributed by atoms with van der Waals surface area (Å²) in [5.41, 5.74) is 6.20. The van der Waals surface area contributed by atoms with Crippen LogP contribution in [0.25, 0.3) is 63.4 Å². The van der Waals surface area contributed by atoms with E-state index < -0.39 is 0 Å². The van der Waals surface area contributed by atoms with Crippen molar-refractivity contribution in [3.63, 3.8) is 0 Å². The first-order valence-corrected chi connectivity index (χ1v) is 16.1. The Labute approximate surface area is 254 Å². The second-order valence-electron chi connectivity index (χ2n) is 10.8. The molecule has 4 heteroatoms. The van der Waals surface area contributed by atoms with Gasteiger partial charge in [-0.25, -0.2) is 0 Å². The number of benzene rings is 7. The number of para-hydroxylation sites is 2. The van der Waals surface area contributed by atoms with E-state index in [-0.39, 0.29) is 14.5 Å². The zero-order chi connectivity index (χ0) is 28.3. The van der Waals surface area contributed by atoms with Crippen LogP contribution in [0.3, 0.4) is 0 Å². The van der Waals surface area contributed by atoms with Gasteiger partial charge in [0.15, 0.2) is 0 Å². The molecule has 0 spiro atoms. The van der Waals surface area contributed by atoms with Crippen LogP contribution in [0.1, 0.15) is 0 Å². The molecule has 0 saturated heterocycles. The fraction of sp³-hybridized carbons (Fsp3) is 0. The number of rotatable bonds is 4. The second kappa shape index (κ2) is 9.71. The summed E-state index contributed by atoms with van der Waals surface area (Å²) in [4.78, 5) is 7.23. The Bertz CT molecular complexity index is 2380. The predicted octanol–water partition coefficient (Wildman–Crippen LogP) is 10.6. The van der Waals surface area contributed by atoms with Gasteiger partial charge in [0.2, 0.25) is 0 Å². The first kappa shape index (κ1) is 24.4. The molecular weight excluding hydrogens is 591 g/mol. The first-order chi connectivity index (χ1) is 21.3. The minimum absolute atomic E-state index is 0.168. The Morgan fingerprint density at radius 3 is 1.86 bits per heavy atom. The van der Waals surface area contributed by atoms with Crippen LogP contribution in [0.5, 0.6) is 0 Å². The molecule has 202 valence electrons. The third-order valence-electron chi connectivity index (χ3n) is 8.25. The molecular formula is C39H24N2OSe. The summed E-state index contributed by atoms with van der Waals surface area (Å²) in [6.45, 7) is 0. The Morgan fingerprint density at radius 1 is 0.512 bits per heavy atom. The van der Waals surface area contributed by atoms with E-state index in [4.69, 9.17) is 9.40 Å². The summed E-state index contributed by atoms with van der Waals surface area (Å²) < 4.78 is 8.96. The molecule has 0 aliphatic heterocycles. The quantitative estimate of drug-likeness (QED) is 0.185. The van der Waals surface area contributed by atoms with Crippen LogP contribution < -0.4 is 4.90 Å². The van der Waals surface area contributed by atoms with Crippen molar-refractivity contribution in [2.75, 3.05) is 4.90 Å². The Hall–Kier alpha value is -5.15. The SMILES string of the molecule is c1ccc2cc(N(c3ccc4ccccc4c3)c3ccc4c(c3)[se]c3cccc(-c5nc6ccccc6o5)c34)ccc2c1. The topological polar surface area (TPSA) is 29.3 Å². The van der Waals surface area contributed by atoms with Crippen molar-refractivity contribution in [2.24, 2.45) is 0 Å². The molecule has 7 aromatic carbocycles. The van der Waals surface area contributed by atoms with Crippen LogP contribution in [0.2, 0.25) is 0 Å². The van der Waals surface area contributed by atoms with Crippen LogP contribution in [-0.2, 0) is 0 Å². The maximum absolute atomic E-state index is 6.23. The summed E-state index contributed by atoms with van der Waals surface area (Å²) in [5.74, 6) is 0.680. The molecule has 0 amide bonds. The number of oxazole rings is 1. The second-order valence-corrected chi connectivity index (χ2v) is 13.1. The van der Waals surface area contributed by atoms with E-state index in [1.807, 2.05) is 24.3 Å². The molecule has 43 heavy (non-hydrogen) atoms. The van der Waals surface area contributed by atoms with E-state index in [2.05, 4.69) is 126 Å². The molecule has 0 aliphatic rings. The zero-order valence-corrected chi connectivity index (χ0v) is 24.8. The van der Waals surface area contributed by atoms with Crippen molar-refractivity contribution >= 4 is 83.5 Å². The van der Waals surface area contributed by atoms with E-state index in [0.717, 1.165) is 33.7 Å². The molecule has 0 N–H and O–H groups in total. The molecule has 9 rings (SSSR count). The third kappa shape index (κ3) is 4.07. The minimum atomic E-state index is 0.168. The van der Waals surface area contributed by atoms with Gasteiger partial charge >= 0.3 is 255 Å². The first-order valence-electron chi connectivity index (χ1n) is 14.4. The summed E-state index contributed by atoms with van der Waals surface area (Å²) in [5, 5.41) is 7.46. The van der Waals surface area contributed by atoms with Gasteiger partial charge in [-0.05, 0) is 0 Å². The van der Waals surface area contributed by atoms with Crippen molar-refractivity contribution in [3.05, 3.63) is 146 Å². The van der Waals surface area contributed by atoms with E-state index in [1.54, 1.807) is 0 Å². The van der Waals surface area contributed by atoms with Crippen molar-refractivity contribution in [1.29, 1.82) is 0 Å². The van der Waals surface area contributed by atoms with E-state index >= 15 is 0 Å². The number of hydrogen-bond acceptors (Lipinski definition) is 3. The fourth-order valence-corrected chi connectivity index (χ4v) is 8.64. The Kier molecular flexibility index (Phi) is 5.52. The molecule has 0 aliphatic carbocycles. The number of aromatic nitrogens is 1. The van der Waals surface area contributed by atoms with Crippen molar-refractivity contribution in [1.82, 2.24) is 4.98 Å². The van der Waals surface area contributed by atoms with Crippen LogP contribution in [0, 0.1) is 0 Å². The van der Waals surface area contributed by atoms with Gasteiger partial charge in [0.25, 0.3) is 0 Å². The van der Waals surface area contributed by atoms with Crippen molar-refractivity contribution in [3.8, 4) is 11.5 Å². The van der Waals surface area contributed by atoms with Crippen LogP contribution >= 0.6 is 0 Å². The summed E-state index contributed by atoms with van der Waals surface area (Å²) in [6.07, 6.45) is 0. The zero-order valence-electron chi connectivity index (χ0n) is 23.1. The van der Waals surface area contributed by atoms with Gasteiger partial charge in [0, 0.05) is 0 Å². The van der Waals surface area contributed by atoms with Gasteiger partial charge in [-0.15, -0.1) is 0 Å². The maximum atomic E-state index is 6.23. The van der Waals surface area contributed by atoms with Gasteiger partial charge in [0.05, 0.1) is 0 Å². The molecule has 0 atom stereocenters. The molecule has 0 saturated carbocycles. The predicted molar refractivity (Wildman–Crippen MR) is 181 cm³/mol. The normalized spacial score (nSPS) is 11.7. The van der Waals surface area contributed by atoms with Crippen LogP contribution in [-0.4, -0.2) is 19.5 Å². The van der Waals surface area contributed by atoms with E-state index in [9.17, 15) is 0 Å². The van der Waals surface area contributed by atoms with Crippen LogP contribution in [0.15, 0.2) is 150 Å². The molecule has 9 aromatic rings. The van der Waals surface area contributed by atoms with Gasteiger partial charge in [-0.2, -0.15) is 0 Å². The molecule has 0 bridgehead atoms. The molecule has 0 unspecified atom stereocenters. The molecule has 0 fully saturated rings. The number of fused-ring (bicyclic) bond motifs is 6. The van der Waals surface area contributed by atoms with E-state index in [1.165, 1.54) is 40.8 Å². The van der Waals surface area contributed by atoms with Crippen LogP contribution in [0.4, 0.5) is 17.1 Å². The monoisotopic (exact) mass is 616 g/mol. The molecule has 3 nitrogen and oxygen atoms in total. The number of anilines is 3. The van der Waals surface area contributed by atoms with Gasteiger partial charge in [-0.3, -0.25) is 0 Å². The van der Waals surface area contributed by atoms with Crippen molar-refractivity contribution < 1.29 is 4.42 Å². The number of hydrogen-bond donors (Lipinski definition) is 0. The summed E-state index contributed by atoms with van der Waals surface area (Å²) in [7, 11) is 0. The Morgan fingerprint density at radius 2 is 1.14 bits per heavy atom. The average molecular weight is 616 g/mol. The van der Waals surface area contributed by atoms with E-state index in [0.29, 0.717) is 5.89 Å². The molecule has 2 heterocycles. The third-order valence-corrected chi connectivity index (χ3v) is 10.6. The molecule has 2 aromatic heterocycles. The standard InChI is InChI=1S/C39H24N2OSe/c1-3-10-27-22-29(18-16-25(27)8-1)41(30-19-17-26-9-2-4-11-28(26)23-30)31-20-21-32-37(24-31)43-36-15-7-12-33(38(32)36)39-40-34-13-5-6-14-35(34)42-39/h1-24H. The van der Waals surface area contributed by atoms with Gasteiger partial charge in [-0.1, -0.05) is 0 Å². The van der Waals surface area contributed by atoms with Gasteiger partial charge in [0.1, 0.15) is 0 Å². The van der Waals surface area contributed by atoms with Crippen molar-refractivity contribution in [2.45, 2.75) is 0 Å². The van der Waals surface area contributed by atoms with Gasteiger partial charge < -0.3 is 0 Å². The Balaban J connectivity index is 1.24. The average Bonchev–Trinajstić information content (AvgIpc) is 3.66. The molecule has 0 radical (unpaired) electrons.